The quantitative estimate of drug-likeness (QED) is 0.697. The van der Waals surface area contributed by atoms with Crippen molar-refractivity contribution in [3.8, 4) is 0 Å². The fourth-order valence-electron chi connectivity index (χ4n) is 2.24. The fourth-order valence-corrected chi connectivity index (χ4v) is 2.24. The van der Waals surface area contributed by atoms with Crippen molar-refractivity contribution >= 4 is 0 Å². The molecular weight excluding hydrogens is 202 g/mol. The van der Waals surface area contributed by atoms with Gasteiger partial charge >= 0.3 is 0 Å². The van der Waals surface area contributed by atoms with Gasteiger partial charge in [-0.05, 0) is 40.2 Å². The minimum absolute atomic E-state index is 0.000783. The van der Waals surface area contributed by atoms with Crippen molar-refractivity contribution in [1.29, 1.82) is 0 Å². The van der Waals surface area contributed by atoms with E-state index in [1.165, 1.54) is 12.8 Å². The SMILES string of the molecule is CCN(CCOC)C1CC(OC(C)(C)C)C1. The summed E-state index contributed by atoms with van der Waals surface area (Å²) in [6.45, 7) is 11.6. The molecule has 1 aliphatic rings. The summed E-state index contributed by atoms with van der Waals surface area (Å²) in [5.74, 6) is 0. The summed E-state index contributed by atoms with van der Waals surface area (Å²) in [5.41, 5.74) is -0.000783. The van der Waals surface area contributed by atoms with Crippen LogP contribution in [0.1, 0.15) is 40.5 Å². The van der Waals surface area contributed by atoms with Gasteiger partial charge in [0.1, 0.15) is 0 Å². The summed E-state index contributed by atoms with van der Waals surface area (Å²) in [6, 6.07) is 0.701. The summed E-state index contributed by atoms with van der Waals surface area (Å²) >= 11 is 0. The minimum atomic E-state index is -0.000783. The predicted octanol–water partition coefficient (Wildman–Crippen LogP) is 2.30. The van der Waals surface area contributed by atoms with Crippen molar-refractivity contribution in [3.63, 3.8) is 0 Å². The van der Waals surface area contributed by atoms with E-state index in [1.54, 1.807) is 7.11 Å². The molecule has 0 radical (unpaired) electrons. The van der Waals surface area contributed by atoms with Crippen LogP contribution in [-0.4, -0.2) is 49.5 Å². The number of nitrogens with zero attached hydrogens (tertiary/aromatic N) is 1. The van der Waals surface area contributed by atoms with Crippen LogP contribution in [0.5, 0.6) is 0 Å². The first kappa shape index (κ1) is 13.9. The van der Waals surface area contributed by atoms with Crippen molar-refractivity contribution in [2.24, 2.45) is 0 Å². The van der Waals surface area contributed by atoms with Crippen molar-refractivity contribution in [2.75, 3.05) is 26.8 Å². The molecule has 96 valence electrons. The van der Waals surface area contributed by atoms with Crippen molar-refractivity contribution in [1.82, 2.24) is 4.90 Å². The van der Waals surface area contributed by atoms with Crippen LogP contribution in [0, 0.1) is 0 Å². The molecule has 16 heavy (non-hydrogen) atoms. The van der Waals surface area contributed by atoms with E-state index < -0.39 is 0 Å². The van der Waals surface area contributed by atoms with E-state index in [9.17, 15) is 0 Å². The number of hydrogen-bond donors (Lipinski definition) is 0. The predicted molar refractivity (Wildman–Crippen MR) is 66.8 cm³/mol. The smallest absolute Gasteiger partial charge is 0.0612 e. The average molecular weight is 229 g/mol. The molecule has 0 aromatic heterocycles. The maximum Gasteiger partial charge on any atom is 0.0612 e. The van der Waals surface area contributed by atoms with Gasteiger partial charge in [-0.2, -0.15) is 0 Å². The number of methoxy groups -OCH3 is 1. The third-order valence-electron chi connectivity index (χ3n) is 3.10. The van der Waals surface area contributed by atoms with Crippen molar-refractivity contribution in [3.05, 3.63) is 0 Å². The van der Waals surface area contributed by atoms with E-state index in [1.807, 2.05) is 0 Å². The lowest BCUT2D eigenvalue weighted by atomic mass is 9.87. The van der Waals surface area contributed by atoms with E-state index in [4.69, 9.17) is 9.47 Å². The van der Waals surface area contributed by atoms with Gasteiger partial charge in [0.2, 0.25) is 0 Å². The lowest BCUT2D eigenvalue weighted by Gasteiger charge is -2.44. The highest BCUT2D eigenvalue weighted by molar-refractivity contribution is 4.89. The second-order valence-corrected chi connectivity index (χ2v) is 5.60. The molecule has 0 N–H and O–H groups in total. The highest BCUT2D eigenvalue weighted by Gasteiger charge is 2.35. The zero-order chi connectivity index (χ0) is 12.2. The molecule has 0 atom stereocenters. The molecule has 0 saturated heterocycles. The molecule has 3 nitrogen and oxygen atoms in total. The highest BCUT2D eigenvalue weighted by atomic mass is 16.5. The molecule has 0 aromatic rings. The standard InChI is InChI=1S/C13H27NO2/c1-6-14(7-8-15-5)11-9-12(10-11)16-13(2,3)4/h11-12H,6-10H2,1-5H3. The Hall–Kier alpha value is -0.120. The number of likely N-dealkylation sites (N-methyl/N-ethyl adjacent to an activating group) is 1. The van der Waals surface area contributed by atoms with Gasteiger partial charge in [0.15, 0.2) is 0 Å². The molecule has 0 aliphatic heterocycles. The Kier molecular flexibility index (Phi) is 5.22. The number of hydrogen-bond acceptors (Lipinski definition) is 3. The summed E-state index contributed by atoms with van der Waals surface area (Å²) in [7, 11) is 1.76. The second kappa shape index (κ2) is 5.99. The van der Waals surface area contributed by atoms with Gasteiger partial charge in [-0.25, -0.2) is 0 Å². The lowest BCUT2D eigenvalue weighted by Crippen LogP contribution is -2.50. The summed E-state index contributed by atoms with van der Waals surface area (Å²) in [4.78, 5) is 2.49. The van der Waals surface area contributed by atoms with Crippen LogP contribution in [-0.2, 0) is 9.47 Å². The average Bonchev–Trinajstić information content (AvgIpc) is 2.12. The van der Waals surface area contributed by atoms with E-state index in [-0.39, 0.29) is 5.60 Å². The van der Waals surface area contributed by atoms with E-state index in [2.05, 4.69) is 32.6 Å². The molecule has 0 spiro atoms. The van der Waals surface area contributed by atoms with Gasteiger partial charge < -0.3 is 9.47 Å². The lowest BCUT2D eigenvalue weighted by molar-refractivity contribution is -0.120. The van der Waals surface area contributed by atoms with Crippen LogP contribution >= 0.6 is 0 Å². The minimum Gasteiger partial charge on any atom is -0.383 e. The van der Waals surface area contributed by atoms with E-state index >= 15 is 0 Å². The number of ether oxygens (including phenoxy) is 2. The van der Waals surface area contributed by atoms with Gasteiger partial charge in [0.05, 0.1) is 18.3 Å². The van der Waals surface area contributed by atoms with Crippen LogP contribution < -0.4 is 0 Å². The maximum atomic E-state index is 5.95. The maximum absolute atomic E-state index is 5.95. The third-order valence-corrected chi connectivity index (χ3v) is 3.10. The van der Waals surface area contributed by atoms with Crippen LogP contribution in [0.15, 0.2) is 0 Å². The van der Waals surface area contributed by atoms with Gasteiger partial charge in [-0.1, -0.05) is 6.92 Å². The first-order valence-electron chi connectivity index (χ1n) is 6.37. The Morgan fingerprint density at radius 1 is 1.25 bits per heavy atom. The molecule has 1 rings (SSSR count). The normalized spacial score (nSPS) is 25.9. The number of rotatable bonds is 6. The molecular formula is C13H27NO2. The summed E-state index contributed by atoms with van der Waals surface area (Å²) < 4.78 is 11.1. The van der Waals surface area contributed by atoms with Crippen LogP contribution in [0.4, 0.5) is 0 Å². The molecule has 1 saturated carbocycles. The van der Waals surface area contributed by atoms with Crippen LogP contribution in [0.3, 0.4) is 0 Å². The molecule has 1 fully saturated rings. The van der Waals surface area contributed by atoms with Gasteiger partial charge in [-0.3, -0.25) is 4.90 Å². The van der Waals surface area contributed by atoms with Gasteiger partial charge in [-0.15, -0.1) is 0 Å². The van der Waals surface area contributed by atoms with E-state index in [0.717, 1.165) is 19.7 Å². The summed E-state index contributed by atoms with van der Waals surface area (Å²) in [6.07, 6.45) is 2.81. The van der Waals surface area contributed by atoms with Crippen molar-refractivity contribution < 1.29 is 9.47 Å². The Labute approximate surface area is 100 Å². The zero-order valence-electron chi connectivity index (χ0n) is 11.5. The molecule has 1 aliphatic carbocycles. The Bertz CT molecular complexity index is 195. The van der Waals surface area contributed by atoms with Gasteiger partial charge in [0, 0.05) is 19.7 Å². The first-order valence-corrected chi connectivity index (χ1v) is 6.37. The van der Waals surface area contributed by atoms with Crippen LogP contribution in [0.2, 0.25) is 0 Å². The highest BCUT2D eigenvalue weighted by Crippen LogP contribution is 2.31. The summed E-state index contributed by atoms with van der Waals surface area (Å²) in [5, 5.41) is 0. The molecule has 0 bridgehead atoms. The molecule has 3 heteroatoms. The molecule has 0 heterocycles. The molecule has 0 amide bonds. The topological polar surface area (TPSA) is 21.7 Å². The molecule has 0 unspecified atom stereocenters. The second-order valence-electron chi connectivity index (χ2n) is 5.60. The first-order chi connectivity index (χ1) is 7.46. The van der Waals surface area contributed by atoms with Gasteiger partial charge in [0.25, 0.3) is 0 Å². The Balaban J connectivity index is 2.22. The fraction of sp³-hybridized carbons (Fsp3) is 1.00. The van der Waals surface area contributed by atoms with Crippen molar-refractivity contribution in [2.45, 2.75) is 58.3 Å². The van der Waals surface area contributed by atoms with E-state index in [0.29, 0.717) is 12.1 Å². The Morgan fingerprint density at radius 3 is 2.31 bits per heavy atom. The van der Waals surface area contributed by atoms with Crippen LogP contribution in [0.25, 0.3) is 0 Å². The zero-order valence-corrected chi connectivity index (χ0v) is 11.5. The largest absolute Gasteiger partial charge is 0.383 e. The Morgan fingerprint density at radius 2 is 1.88 bits per heavy atom. The monoisotopic (exact) mass is 229 g/mol. The third kappa shape index (κ3) is 4.40. The molecule has 0 aromatic carbocycles.